The van der Waals surface area contributed by atoms with E-state index in [1.807, 2.05) is 60.7 Å². The van der Waals surface area contributed by atoms with Crippen molar-refractivity contribution >= 4 is 27.4 Å². The van der Waals surface area contributed by atoms with Crippen LogP contribution < -0.4 is 0 Å². The molecule has 1 aliphatic rings. The van der Waals surface area contributed by atoms with Crippen LogP contribution in [0.5, 0.6) is 0 Å². The van der Waals surface area contributed by atoms with Crippen LogP contribution in [-0.2, 0) is 0 Å². The number of hydrogen-bond acceptors (Lipinski definition) is 3. The van der Waals surface area contributed by atoms with E-state index in [9.17, 15) is 0 Å². The highest BCUT2D eigenvalue weighted by Crippen LogP contribution is 2.40. The Morgan fingerprint density at radius 3 is 1.65 bits per heavy atom. The van der Waals surface area contributed by atoms with E-state index in [1.165, 1.54) is 32.9 Å². The van der Waals surface area contributed by atoms with Gasteiger partial charge >= 0.3 is 0 Å². The Morgan fingerprint density at radius 2 is 1.00 bits per heavy atom. The summed E-state index contributed by atoms with van der Waals surface area (Å²) in [6, 6.07) is 55.2. The molecule has 6 aromatic carbocycles. The van der Waals surface area contributed by atoms with Crippen molar-refractivity contribution in [3.05, 3.63) is 182 Å². The molecule has 1 atom stereocenters. The van der Waals surface area contributed by atoms with Crippen LogP contribution in [-0.4, -0.2) is 19.5 Å². The Hall–Kier alpha value is -6.39. The number of rotatable bonds is 6. The number of para-hydroxylation sites is 1. The van der Waals surface area contributed by atoms with Gasteiger partial charge in [0.25, 0.3) is 0 Å². The predicted octanol–water partition coefficient (Wildman–Crippen LogP) is 11.2. The number of hydrogen-bond donors (Lipinski definition) is 0. The van der Waals surface area contributed by atoms with Gasteiger partial charge in [-0.3, -0.25) is 0 Å². The van der Waals surface area contributed by atoms with E-state index in [0.29, 0.717) is 17.5 Å². The van der Waals surface area contributed by atoms with Gasteiger partial charge in [-0.1, -0.05) is 164 Å². The highest BCUT2D eigenvalue weighted by molar-refractivity contribution is 6.09. The zero-order valence-corrected chi connectivity index (χ0v) is 26.8. The van der Waals surface area contributed by atoms with Gasteiger partial charge in [-0.15, -0.1) is 0 Å². The van der Waals surface area contributed by atoms with Gasteiger partial charge < -0.3 is 4.57 Å². The van der Waals surface area contributed by atoms with E-state index in [1.54, 1.807) is 0 Å². The van der Waals surface area contributed by atoms with Crippen molar-refractivity contribution in [1.82, 2.24) is 19.5 Å². The zero-order chi connectivity index (χ0) is 32.6. The van der Waals surface area contributed by atoms with Gasteiger partial charge in [0, 0.05) is 33.0 Å². The Kier molecular flexibility index (Phi) is 7.25. The molecule has 1 unspecified atom stereocenters. The fourth-order valence-corrected chi connectivity index (χ4v) is 7.03. The van der Waals surface area contributed by atoms with Crippen molar-refractivity contribution in [2.24, 2.45) is 0 Å². The molecule has 0 spiro atoms. The van der Waals surface area contributed by atoms with Crippen molar-refractivity contribution in [3.63, 3.8) is 0 Å². The van der Waals surface area contributed by atoms with Gasteiger partial charge in [0.05, 0.1) is 11.6 Å². The van der Waals surface area contributed by atoms with Crippen molar-refractivity contribution in [1.29, 1.82) is 0 Å². The van der Waals surface area contributed by atoms with Gasteiger partial charge in [0.2, 0.25) is 0 Å². The minimum atomic E-state index is 0.200. The molecular weight excluding hydrogens is 597 g/mol. The van der Waals surface area contributed by atoms with Gasteiger partial charge in [-0.25, -0.2) is 15.0 Å². The van der Waals surface area contributed by atoms with Crippen molar-refractivity contribution in [2.45, 2.75) is 12.5 Å². The van der Waals surface area contributed by atoms with Crippen molar-refractivity contribution in [3.8, 4) is 45.3 Å². The fraction of sp³-hybridized carbons (Fsp3) is 0.0444. The number of nitrogens with zero attached hydrogens (tertiary/aromatic N) is 4. The average molecular weight is 629 g/mol. The molecule has 2 heterocycles. The Bertz CT molecular complexity index is 2450. The molecule has 8 aromatic rings. The highest BCUT2D eigenvalue weighted by Gasteiger charge is 2.20. The Balaban J connectivity index is 1.18. The molecule has 232 valence electrons. The van der Waals surface area contributed by atoms with Crippen LogP contribution in [0.4, 0.5) is 0 Å². The van der Waals surface area contributed by atoms with Crippen LogP contribution in [0.15, 0.2) is 176 Å². The second-order valence-corrected chi connectivity index (χ2v) is 12.4. The molecule has 4 nitrogen and oxygen atoms in total. The minimum absolute atomic E-state index is 0.200. The maximum absolute atomic E-state index is 5.06. The molecule has 49 heavy (non-hydrogen) atoms. The van der Waals surface area contributed by atoms with Crippen molar-refractivity contribution < 1.29 is 0 Å². The van der Waals surface area contributed by atoms with Crippen LogP contribution in [0.2, 0.25) is 0 Å². The molecule has 0 saturated carbocycles. The van der Waals surface area contributed by atoms with E-state index in [4.69, 9.17) is 15.0 Å². The highest BCUT2D eigenvalue weighted by atomic mass is 15.0. The lowest BCUT2D eigenvalue weighted by Crippen LogP contribution is -2.08. The summed E-state index contributed by atoms with van der Waals surface area (Å²) in [5.74, 6) is 1.96. The lowest BCUT2D eigenvalue weighted by molar-refractivity contribution is 0.649. The van der Waals surface area contributed by atoms with Crippen LogP contribution >= 0.6 is 0 Å². The summed E-state index contributed by atoms with van der Waals surface area (Å²) >= 11 is 0. The largest absolute Gasteiger partial charge is 0.333 e. The molecule has 0 bridgehead atoms. The molecule has 0 saturated heterocycles. The predicted molar refractivity (Wildman–Crippen MR) is 202 cm³/mol. The Morgan fingerprint density at radius 1 is 0.449 bits per heavy atom. The van der Waals surface area contributed by atoms with E-state index in [0.717, 1.165) is 34.2 Å². The summed E-state index contributed by atoms with van der Waals surface area (Å²) in [7, 11) is 0. The SMILES string of the molecule is C1=CC(n2c3ccccc3c3ccc(-c4ccccc4-c4nc(-c5ccccc5)nc(-c5ccccc5)n4)cc32)CC=C1c1ccccc1. The van der Waals surface area contributed by atoms with E-state index in [2.05, 4.69) is 120 Å². The topological polar surface area (TPSA) is 43.6 Å². The number of benzene rings is 6. The molecule has 0 aliphatic heterocycles. The summed E-state index contributed by atoms with van der Waals surface area (Å²) in [5.41, 5.74) is 10.1. The van der Waals surface area contributed by atoms with Crippen LogP contribution in [0.1, 0.15) is 18.0 Å². The molecule has 0 N–H and O–H groups in total. The normalized spacial score (nSPS) is 14.3. The maximum Gasteiger partial charge on any atom is 0.164 e. The minimum Gasteiger partial charge on any atom is -0.333 e. The standard InChI is InChI=1S/C45H32N4/c1-4-14-31(15-5-1)32-24-27-36(28-25-32)49-41-23-13-12-21-38(41)39-29-26-35(30-42(39)49)37-20-10-11-22-40(37)45-47-43(33-16-6-2-7-17-33)46-44(48-45)34-18-8-3-9-19-34/h1-27,29-30,36H,28H2. The molecule has 4 heteroatoms. The van der Waals surface area contributed by atoms with Crippen LogP contribution in [0.3, 0.4) is 0 Å². The second-order valence-electron chi connectivity index (χ2n) is 12.4. The third-order valence-electron chi connectivity index (χ3n) is 9.41. The van der Waals surface area contributed by atoms with E-state index < -0.39 is 0 Å². The molecule has 0 radical (unpaired) electrons. The van der Waals surface area contributed by atoms with Crippen molar-refractivity contribution in [2.75, 3.05) is 0 Å². The summed E-state index contributed by atoms with van der Waals surface area (Å²) in [6.45, 7) is 0. The molecule has 0 amide bonds. The summed E-state index contributed by atoms with van der Waals surface area (Å²) in [5, 5.41) is 2.52. The first-order valence-corrected chi connectivity index (χ1v) is 16.7. The Labute approximate surface area is 285 Å². The maximum atomic E-state index is 5.06. The monoisotopic (exact) mass is 628 g/mol. The van der Waals surface area contributed by atoms with Gasteiger partial charge in [-0.05, 0) is 40.8 Å². The first-order chi connectivity index (χ1) is 24.3. The van der Waals surface area contributed by atoms with Gasteiger partial charge in [0.1, 0.15) is 0 Å². The lowest BCUT2D eigenvalue weighted by Gasteiger charge is -2.21. The first-order valence-electron chi connectivity index (χ1n) is 16.7. The first kappa shape index (κ1) is 28.8. The summed E-state index contributed by atoms with van der Waals surface area (Å²) in [4.78, 5) is 15.0. The van der Waals surface area contributed by atoms with Gasteiger partial charge in [-0.2, -0.15) is 0 Å². The van der Waals surface area contributed by atoms with E-state index >= 15 is 0 Å². The zero-order valence-electron chi connectivity index (χ0n) is 26.8. The lowest BCUT2D eigenvalue weighted by atomic mass is 9.96. The third-order valence-corrected chi connectivity index (χ3v) is 9.41. The van der Waals surface area contributed by atoms with Gasteiger partial charge in [0.15, 0.2) is 17.5 Å². The summed E-state index contributed by atoms with van der Waals surface area (Å²) < 4.78 is 2.51. The second kappa shape index (κ2) is 12.3. The van der Waals surface area contributed by atoms with Crippen LogP contribution in [0.25, 0.3) is 72.7 Å². The molecule has 0 fully saturated rings. The summed E-state index contributed by atoms with van der Waals surface area (Å²) in [6.07, 6.45) is 7.93. The number of aromatic nitrogens is 4. The fourth-order valence-electron chi connectivity index (χ4n) is 7.03. The van der Waals surface area contributed by atoms with Crippen LogP contribution in [0, 0.1) is 0 Å². The third kappa shape index (κ3) is 5.34. The smallest absolute Gasteiger partial charge is 0.164 e. The molecule has 9 rings (SSSR count). The molecule has 2 aromatic heterocycles. The quantitative estimate of drug-likeness (QED) is 0.184. The molecule has 1 aliphatic carbocycles. The molecular formula is C45H32N4. The number of allylic oxidation sites excluding steroid dienone is 4. The van der Waals surface area contributed by atoms with E-state index in [-0.39, 0.29) is 6.04 Å². The number of fused-ring (bicyclic) bond motifs is 3. The average Bonchev–Trinajstić information content (AvgIpc) is 3.52.